The van der Waals surface area contributed by atoms with Gasteiger partial charge in [-0.2, -0.15) is 0 Å². The second kappa shape index (κ2) is 18.9. The van der Waals surface area contributed by atoms with E-state index in [1.54, 1.807) is 0 Å². The lowest BCUT2D eigenvalue weighted by Crippen LogP contribution is -2.50. The highest BCUT2D eigenvalue weighted by Crippen LogP contribution is 2.47. The SMILES string of the molecule is C/C=C(\OC1OC1N1CCCC1CNC(=O)C(CCCNC(N)N)NC(O)c1ccccc1)C(CC(C)N(C)C)(c1ccccc1)c1ccccc1. The maximum Gasteiger partial charge on any atom is 0.241 e. The highest BCUT2D eigenvalue weighted by molar-refractivity contribution is 5.81. The van der Waals surface area contributed by atoms with Crippen molar-refractivity contribution in [2.45, 2.75) is 94.5 Å². The van der Waals surface area contributed by atoms with E-state index >= 15 is 0 Å². The predicted octanol–water partition coefficient (Wildman–Crippen LogP) is 3.72. The van der Waals surface area contributed by atoms with Crippen LogP contribution in [0.25, 0.3) is 0 Å². The first-order chi connectivity index (χ1) is 25.1. The first kappa shape index (κ1) is 39.6. The van der Waals surface area contributed by atoms with Crippen molar-refractivity contribution >= 4 is 5.91 Å². The van der Waals surface area contributed by atoms with Crippen LogP contribution in [-0.2, 0) is 19.7 Å². The Kier molecular flexibility index (Phi) is 14.4. The summed E-state index contributed by atoms with van der Waals surface area (Å²) < 4.78 is 13.2. The molecule has 6 unspecified atom stereocenters. The molecule has 0 spiro atoms. The summed E-state index contributed by atoms with van der Waals surface area (Å²) in [6, 6.07) is 30.3. The van der Waals surface area contributed by atoms with Gasteiger partial charge in [-0.15, -0.1) is 0 Å². The van der Waals surface area contributed by atoms with E-state index in [1.165, 1.54) is 11.1 Å². The number of hydrogen-bond donors (Lipinski definition) is 6. The van der Waals surface area contributed by atoms with Crippen molar-refractivity contribution in [2.75, 3.05) is 33.7 Å². The Bertz CT molecular complexity index is 1500. The molecule has 2 aliphatic rings. The Morgan fingerprint density at radius 3 is 2.23 bits per heavy atom. The molecular weight excluding hydrogens is 654 g/mol. The van der Waals surface area contributed by atoms with Crippen molar-refractivity contribution in [1.29, 1.82) is 0 Å². The van der Waals surface area contributed by atoms with Gasteiger partial charge in [-0.05, 0) is 89.4 Å². The Morgan fingerprint density at radius 1 is 1.04 bits per heavy atom. The molecule has 11 nitrogen and oxygen atoms in total. The third kappa shape index (κ3) is 10.1. The lowest BCUT2D eigenvalue weighted by molar-refractivity contribution is -0.124. The molecule has 2 aliphatic heterocycles. The minimum Gasteiger partial charge on any atom is -0.464 e. The van der Waals surface area contributed by atoms with Crippen molar-refractivity contribution in [3.05, 3.63) is 120 Å². The Balaban J connectivity index is 1.27. The molecule has 0 radical (unpaired) electrons. The summed E-state index contributed by atoms with van der Waals surface area (Å²) >= 11 is 0. The summed E-state index contributed by atoms with van der Waals surface area (Å²) in [5.74, 6) is 0.705. The second-order valence-corrected chi connectivity index (χ2v) is 14.3. The van der Waals surface area contributed by atoms with Gasteiger partial charge in [0.05, 0.1) is 11.5 Å². The number of nitrogens with two attached hydrogens (primary N) is 2. The van der Waals surface area contributed by atoms with Gasteiger partial charge < -0.3 is 36.3 Å². The maximum atomic E-state index is 13.6. The highest BCUT2D eigenvalue weighted by atomic mass is 16.8. The zero-order valence-electron chi connectivity index (χ0n) is 31.2. The number of aliphatic hydroxyl groups is 1. The average Bonchev–Trinajstić information content (AvgIpc) is 3.77. The Labute approximate surface area is 309 Å². The van der Waals surface area contributed by atoms with Gasteiger partial charge in [-0.3, -0.25) is 20.3 Å². The van der Waals surface area contributed by atoms with E-state index in [4.69, 9.17) is 20.9 Å². The number of likely N-dealkylation sites (tertiary alicyclic amines) is 1. The van der Waals surface area contributed by atoms with Gasteiger partial charge in [0, 0.05) is 25.2 Å². The molecule has 1 amide bonds. The summed E-state index contributed by atoms with van der Waals surface area (Å²) in [6.07, 6.45) is 3.73. The van der Waals surface area contributed by atoms with Crippen LogP contribution in [-0.4, -0.2) is 91.5 Å². The number of nitrogens with one attached hydrogen (secondary N) is 3. The summed E-state index contributed by atoms with van der Waals surface area (Å²) in [5.41, 5.74) is 13.8. The van der Waals surface area contributed by atoms with Gasteiger partial charge in [0.25, 0.3) is 0 Å². The monoisotopic (exact) mass is 713 g/mol. The van der Waals surface area contributed by atoms with E-state index in [1.807, 2.05) is 37.3 Å². The van der Waals surface area contributed by atoms with E-state index < -0.39 is 30.3 Å². The van der Waals surface area contributed by atoms with Crippen molar-refractivity contribution in [3.63, 3.8) is 0 Å². The van der Waals surface area contributed by atoms with Crippen LogP contribution in [0.1, 0.15) is 68.9 Å². The number of rotatable bonds is 20. The molecule has 11 heteroatoms. The van der Waals surface area contributed by atoms with Crippen LogP contribution in [0.15, 0.2) is 103 Å². The number of amides is 1. The molecule has 2 heterocycles. The summed E-state index contributed by atoms with van der Waals surface area (Å²) in [7, 11) is 4.24. The lowest BCUT2D eigenvalue weighted by atomic mass is 9.68. The molecule has 2 fully saturated rings. The molecule has 0 bridgehead atoms. The molecule has 3 aromatic carbocycles. The van der Waals surface area contributed by atoms with Gasteiger partial charge in [0.1, 0.15) is 18.3 Å². The first-order valence-corrected chi connectivity index (χ1v) is 18.7. The van der Waals surface area contributed by atoms with Gasteiger partial charge in [-0.1, -0.05) is 91.0 Å². The number of carbonyl (C=O) groups excluding carboxylic acids is 1. The third-order valence-corrected chi connectivity index (χ3v) is 10.5. The quantitative estimate of drug-likeness (QED) is 0.0442. The molecule has 3 aromatic rings. The second-order valence-electron chi connectivity index (χ2n) is 14.3. The predicted molar refractivity (Wildman–Crippen MR) is 205 cm³/mol. The first-order valence-electron chi connectivity index (χ1n) is 18.7. The van der Waals surface area contributed by atoms with Crippen molar-refractivity contribution in [1.82, 2.24) is 25.8 Å². The molecule has 8 N–H and O–H groups in total. The lowest BCUT2D eigenvalue weighted by Gasteiger charge is -2.40. The number of carbonyl (C=O) groups is 1. The largest absolute Gasteiger partial charge is 0.464 e. The number of ether oxygens (including phenoxy) is 2. The summed E-state index contributed by atoms with van der Waals surface area (Å²) in [6.45, 7) is 6.17. The standard InChI is InChI=1S/C41H59N7O4/c1-5-35(41(27-29(2)47(3)4,31-19-11-7-12-20-31)32-21-13-8-14-22-32)51-39-38(52-39)48-26-16-23-33(48)28-45-37(50)34(24-15-25-44-40(42)43)46-36(49)30-17-9-6-10-18-30/h5-14,17-22,29,33-34,36,38-40,44,46,49H,15-16,23-28,42-43H2,1-4H3,(H,45,50)/b35-5-. The minimum atomic E-state index is -0.983. The van der Waals surface area contributed by atoms with Crippen molar-refractivity contribution in [2.24, 2.45) is 11.5 Å². The van der Waals surface area contributed by atoms with Gasteiger partial charge >= 0.3 is 0 Å². The molecule has 5 rings (SSSR count). The number of aliphatic hydroxyl groups excluding tert-OH is 1. The molecule has 0 aliphatic carbocycles. The molecule has 282 valence electrons. The fraction of sp³-hybridized carbons (Fsp3) is 0.488. The zero-order valence-corrected chi connectivity index (χ0v) is 31.2. The molecule has 0 aromatic heterocycles. The third-order valence-electron chi connectivity index (χ3n) is 10.5. The fourth-order valence-corrected chi connectivity index (χ4v) is 7.35. The Morgan fingerprint density at radius 2 is 1.65 bits per heavy atom. The van der Waals surface area contributed by atoms with Gasteiger partial charge in [0.15, 0.2) is 6.23 Å². The summed E-state index contributed by atoms with van der Waals surface area (Å²) in [5, 5.41) is 20.2. The molecule has 52 heavy (non-hydrogen) atoms. The number of epoxide rings is 1. The van der Waals surface area contributed by atoms with Crippen LogP contribution < -0.4 is 27.4 Å². The Hall–Kier alpha value is -3.65. The van der Waals surface area contributed by atoms with E-state index in [0.29, 0.717) is 31.5 Å². The van der Waals surface area contributed by atoms with Crippen molar-refractivity contribution < 1.29 is 19.4 Å². The number of nitrogens with zero attached hydrogens (tertiary/aromatic N) is 2. The molecule has 6 atom stereocenters. The zero-order chi connectivity index (χ0) is 37.1. The summed E-state index contributed by atoms with van der Waals surface area (Å²) in [4.78, 5) is 18.2. The van der Waals surface area contributed by atoms with Gasteiger partial charge in [0.2, 0.25) is 12.2 Å². The van der Waals surface area contributed by atoms with Gasteiger partial charge in [-0.25, -0.2) is 0 Å². The van der Waals surface area contributed by atoms with E-state index in [0.717, 1.165) is 31.6 Å². The number of benzene rings is 3. The molecule has 0 saturated carbocycles. The van der Waals surface area contributed by atoms with E-state index in [9.17, 15) is 9.90 Å². The topological polar surface area (TPSA) is 154 Å². The minimum absolute atomic E-state index is 0.0926. The number of hydrogen-bond acceptors (Lipinski definition) is 10. The van der Waals surface area contributed by atoms with Crippen LogP contribution in [0.5, 0.6) is 0 Å². The molecule has 2 saturated heterocycles. The van der Waals surface area contributed by atoms with Crippen molar-refractivity contribution in [3.8, 4) is 0 Å². The number of allylic oxidation sites excluding steroid dienone is 2. The fourth-order valence-electron chi connectivity index (χ4n) is 7.35. The van der Waals surface area contributed by atoms with E-state index in [-0.39, 0.29) is 24.2 Å². The average molecular weight is 714 g/mol. The normalized spacial score (nSPS) is 21.2. The maximum absolute atomic E-state index is 13.6. The highest BCUT2D eigenvalue weighted by Gasteiger charge is 2.52. The van der Waals surface area contributed by atoms with Crippen LogP contribution >= 0.6 is 0 Å². The van der Waals surface area contributed by atoms with Crippen LogP contribution in [0.3, 0.4) is 0 Å². The van der Waals surface area contributed by atoms with Crippen LogP contribution in [0.2, 0.25) is 0 Å². The smallest absolute Gasteiger partial charge is 0.241 e. The van der Waals surface area contributed by atoms with E-state index in [2.05, 4.69) is 114 Å². The molecular formula is C41H59N7O4. The van der Waals surface area contributed by atoms with Crippen LogP contribution in [0.4, 0.5) is 0 Å². The van der Waals surface area contributed by atoms with Crippen LogP contribution in [0, 0.1) is 0 Å².